The molecule has 15 heavy (non-hydrogen) atoms. The van der Waals surface area contributed by atoms with Gasteiger partial charge in [-0.2, -0.15) is 0 Å². The Kier molecular flexibility index (Phi) is 5.03. The Morgan fingerprint density at radius 3 is 2.73 bits per heavy atom. The van der Waals surface area contributed by atoms with Crippen LogP contribution in [-0.4, -0.2) is 50.8 Å². The fraction of sp³-hybridized carbons (Fsp3) is 1.00. The number of hydrogen-bond donors (Lipinski definition) is 1. The molecule has 3 heteroatoms. The van der Waals surface area contributed by atoms with Gasteiger partial charge in [-0.25, -0.2) is 0 Å². The Bertz CT molecular complexity index is 180. The molecule has 0 aromatic rings. The van der Waals surface area contributed by atoms with Gasteiger partial charge >= 0.3 is 0 Å². The average Bonchev–Trinajstić information content (AvgIpc) is 2.10. The molecular weight excluding hydrogens is 188 g/mol. The predicted octanol–water partition coefficient (Wildman–Crippen LogP) is 1.34. The number of nitrogens with one attached hydrogen (secondary N) is 1. The molecule has 1 saturated heterocycles. The summed E-state index contributed by atoms with van der Waals surface area (Å²) >= 11 is 0. The van der Waals surface area contributed by atoms with Gasteiger partial charge in [-0.1, -0.05) is 0 Å². The minimum absolute atomic E-state index is 0.0894. The summed E-state index contributed by atoms with van der Waals surface area (Å²) in [7, 11) is 4.22. The van der Waals surface area contributed by atoms with Gasteiger partial charge in [0, 0.05) is 19.7 Å². The average molecular weight is 214 g/mol. The van der Waals surface area contributed by atoms with Crippen molar-refractivity contribution in [2.24, 2.45) is 5.92 Å². The topological polar surface area (TPSA) is 24.5 Å². The minimum atomic E-state index is 0.0894. The molecule has 1 N–H and O–H groups in total. The van der Waals surface area contributed by atoms with Crippen LogP contribution in [0.3, 0.4) is 0 Å². The third-order valence-electron chi connectivity index (χ3n) is 2.97. The van der Waals surface area contributed by atoms with Crippen molar-refractivity contribution in [2.75, 3.05) is 40.3 Å². The van der Waals surface area contributed by atoms with Crippen molar-refractivity contribution in [3.8, 4) is 0 Å². The van der Waals surface area contributed by atoms with Gasteiger partial charge in [-0.05, 0) is 53.2 Å². The van der Waals surface area contributed by atoms with E-state index < -0.39 is 0 Å². The van der Waals surface area contributed by atoms with Gasteiger partial charge in [0.25, 0.3) is 0 Å². The molecule has 1 fully saturated rings. The maximum absolute atomic E-state index is 5.70. The second kappa shape index (κ2) is 5.83. The fourth-order valence-electron chi connectivity index (χ4n) is 2.14. The molecule has 0 saturated carbocycles. The highest BCUT2D eigenvalue weighted by molar-refractivity contribution is 4.79. The van der Waals surface area contributed by atoms with Crippen LogP contribution in [0.1, 0.15) is 26.7 Å². The van der Waals surface area contributed by atoms with E-state index in [4.69, 9.17) is 4.74 Å². The first-order valence-corrected chi connectivity index (χ1v) is 5.99. The Morgan fingerprint density at radius 2 is 2.13 bits per heavy atom. The van der Waals surface area contributed by atoms with Crippen molar-refractivity contribution < 1.29 is 4.74 Å². The van der Waals surface area contributed by atoms with Crippen LogP contribution < -0.4 is 5.32 Å². The minimum Gasteiger partial charge on any atom is -0.376 e. The predicted molar refractivity (Wildman–Crippen MR) is 64.2 cm³/mol. The van der Waals surface area contributed by atoms with Crippen LogP contribution in [0.25, 0.3) is 0 Å². The van der Waals surface area contributed by atoms with Crippen molar-refractivity contribution in [1.82, 2.24) is 10.2 Å². The molecule has 1 unspecified atom stereocenters. The molecule has 0 radical (unpaired) electrons. The Morgan fingerprint density at radius 1 is 1.40 bits per heavy atom. The highest BCUT2D eigenvalue weighted by Gasteiger charge is 2.28. The molecule has 0 spiro atoms. The Balaban J connectivity index is 2.11. The number of likely N-dealkylation sites (N-methyl/N-ethyl adjacent to an activating group) is 1. The van der Waals surface area contributed by atoms with Crippen molar-refractivity contribution >= 4 is 0 Å². The molecular formula is C12H26N2O. The smallest absolute Gasteiger partial charge is 0.0629 e. The lowest BCUT2D eigenvalue weighted by atomic mass is 9.88. The largest absolute Gasteiger partial charge is 0.376 e. The highest BCUT2D eigenvalue weighted by Crippen LogP contribution is 2.27. The van der Waals surface area contributed by atoms with E-state index in [0.29, 0.717) is 0 Å². The molecule has 1 rings (SSSR count). The van der Waals surface area contributed by atoms with E-state index in [1.165, 1.54) is 12.8 Å². The first-order valence-electron chi connectivity index (χ1n) is 5.99. The van der Waals surface area contributed by atoms with E-state index in [1.807, 2.05) is 0 Å². The molecule has 0 aromatic heterocycles. The number of nitrogens with zero attached hydrogens (tertiary/aromatic N) is 1. The molecule has 1 aliphatic rings. The van der Waals surface area contributed by atoms with Crippen molar-refractivity contribution in [1.29, 1.82) is 0 Å². The summed E-state index contributed by atoms with van der Waals surface area (Å²) in [5.74, 6) is 0.788. The molecule has 0 amide bonds. The van der Waals surface area contributed by atoms with E-state index in [1.54, 1.807) is 0 Å². The number of hydrogen-bond acceptors (Lipinski definition) is 3. The van der Waals surface area contributed by atoms with Crippen LogP contribution in [0.5, 0.6) is 0 Å². The lowest BCUT2D eigenvalue weighted by Gasteiger charge is -2.35. The van der Waals surface area contributed by atoms with Crippen LogP contribution in [0.4, 0.5) is 0 Å². The van der Waals surface area contributed by atoms with Crippen LogP contribution >= 0.6 is 0 Å². The number of rotatable bonds is 5. The zero-order valence-corrected chi connectivity index (χ0v) is 10.7. The van der Waals surface area contributed by atoms with Gasteiger partial charge in [0.15, 0.2) is 0 Å². The highest BCUT2D eigenvalue weighted by atomic mass is 16.5. The standard InChI is InChI=1S/C12H26N2O/c1-12(2)9-11(5-8-15-12)10-13-6-7-14(3)4/h11,13H,5-10H2,1-4H3. The van der Waals surface area contributed by atoms with Crippen LogP contribution in [-0.2, 0) is 4.74 Å². The maximum Gasteiger partial charge on any atom is 0.0629 e. The number of ether oxygens (including phenoxy) is 1. The summed E-state index contributed by atoms with van der Waals surface area (Å²) in [6.45, 7) is 8.66. The summed E-state index contributed by atoms with van der Waals surface area (Å²) in [6, 6.07) is 0. The first-order chi connectivity index (χ1) is 6.99. The van der Waals surface area contributed by atoms with Gasteiger partial charge in [0.2, 0.25) is 0 Å². The maximum atomic E-state index is 5.70. The molecule has 1 atom stereocenters. The second-order valence-electron chi connectivity index (χ2n) is 5.47. The summed E-state index contributed by atoms with van der Waals surface area (Å²) in [4.78, 5) is 2.21. The van der Waals surface area contributed by atoms with Gasteiger partial charge in [-0.3, -0.25) is 0 Å². The van der Waals surface area contributed by atoms with Gasteiger partial charge in [-0.15, -0.1) is 0 Å². The summed E-state index contributed by atoms with van der Waals surface area (Å²) < 4.78 is 5.70. The first kappa shape index (κ1) is 12.9. The van der Waals surface area contributed by atoms with E-state index in [2.05, 4.69) is 38.2 Å². The van der Waals surface area contributed by atoms with Crippen molar-refractivity contribution in [3.63, 3.8) is 0 Å². The fourth-order valence-corrected chi connectivity index (χ4v) is 2.14. The van der Waals surface area contributed by atoms with E-state index in [-0.39, 0.29) is 5.60 Å². The lowest BCUT2D eigenvalue weighted by molar-refractivity contribution is -0.0718. The zero-order valence-electron chi connectivity index (χ0n) is 10.7. The molecule has 1 aliphatic heterocycles. The molecule has 0 aliphatic carbocycles. The summed E-state index contributed by atoms with van der Waals surface area (Å²) in [5.41, 5.74) is 0.0894. The SMILES string of the molecule is CN(C)CCNCC1CCOC(C)(C)C1. The van der Waals surface area contributed by atoms with E-state index >= 15 is 0 Å². The monoisotopic (exact) mass is 214 g/mol. The third kappa shape index (κ3) is 5.50. The summed E-state index contributed by atoms with van der Waals surface area (Å²) in [6.07, 6.45) is 2.39. The van der Waals surface area contributed by atoms with Crippen LogP contribution in [0.15, 0.2) is 0 Å². The third-order valence-corrected chi connectivity index (χ3v) is 2.97. The molecule has 1 heterocycles. The van der Waals surface area contributed by atoms with Gasteiger partial charge in [0.05, 0.1) is 5.60 Å². The molecule has 0 aromatic carbocycles. The molecule has 0 bridgehead atoms. The zero-order chi connectivity index (χ0) is 11.3. The lowest BCUT2D eigenvalue weighted by Crippen LogP contribution is -2.39. The summed E-state index contributed by atoms with van der Waals surface area (Å²) in [5, 5.41) is 3.53. The van der Waals surface area contributed by atoms with Crippen LogP contribution in [0.2, 0.25) is 0 Å². The Hall–Kier alpha value is -0.120. The molecule has 3 nitrogen and oxygen atoms in total. The quantitative estimate of drug-likeness (QED) is 0.699. The normalized spacial score (nSPS) is 25.8. The van der Waals surface area contributed by atoms with Crippen molar-refractivity contribution in [3.05, 3.63) is 0 Å². The van der Waals surface area contributed by atoms with Gasteiger partial charge < -0.3 is 15.0 Å². The van der Waals surface area contributed by atoms with E-state index in [0.717, 1.165) is 32.2 Å². The van der Waals surface area contributed by atoms with Crippen molar-refractivity contribution in [2.45, 2.75) is 32.3 Å². The Labute approximate surface area is 94.2 Å². The van der Waals surface area contributed by atoms with Gasteiger partial charge in [0.1, 0.15) is 0 Å². The molecule has 90 valence electrons. The van der Waals surface area contributed by atoms with Crippen LogP contribution in [0, 0.1) is 5.92 Å². The van der Waals surface area contributed by atoms with E-state index in [9.17, 15) is 0 Å². The second-order valence-corrected chi connectivity index (χ2v) is 5.47.